The van der Waals surface area contributed by atoms with E-state index in [9.17, 15) is 4.79 Å². The molecule has 3 N–H and O–H groups in total. The molecule has 0 aliphatic heterocycles. The summed E-state index contributed by atoms with van der Waals surface area (Å²) < 4.78 is 0. The summed E-state index contributed by atoms with van der Waals surface area (Å²) in [4.78, 5) is 10.2. The van der Waals surface area contributed by atoms with Gasteiger partial charge in [0.05, 0.1) is 0 Å². The van der Waals surface area contributed by atoms with E-state index in [1.54, 1.807) is 6.92 Å². The minimum atomic E-state index is -0.0933. The minimum Gasteiger partial charge on any atom is -0.403 e. The Morgan fingerprint density at radius 3 is 2.25 bits per heavy atom. The van der Waals surface area contributed by atoms with E-state index in [1.807, 2.05) is 0 Å². The highest BCUT2D eigenvalue weighted by molar-refractivity contribution is 5.74. The number of allylic oxidation sites excluding steroid dienone is 1. The molecular weight excluding hydrogens is 104 g/mol. The molecule has 0 fully saturated rings. The number of hydrogen-bond acceptors (Lipinski definition) is 2. The molecule has 46 valence electrons. The van der Waals surface area contributed by atoms with Crippen LogP contribution in [0.15, 0.2) is 11.9 Å². The maximum atomic E-state index is 10.2. The van der Waals surface area contributed by atoms with Crippen molar-refractivity contribution in [3.63, 3.8) is 0 Å². The molecule has 0 atom stereocenters. The van der Waals surface area contributed by atoms with Gasteiger partial charge in [-0.3, -0.25) is 4.79 Å². The third-order valence-electron chi connectivity index (χ3n) is 0.623. The summed E-state index contributed by atoms with van der Waals surface area (Å²) >= 11 is 0. The highest BCUT2D eigenvalue weighted by Crippen LogP contribution is 1.78. The fourth-order valence-corrected chi connectivity index (χ4v) is 0.319. The quantitative estimate of drug-likeness (QED) is 0.502. The second kappa shape index (κ2) is 3.07. The lowest BCUT2D eigenvalue weighted by Crippen LogP contribution is -2.17. The summed E-state index contributed by atoms with van der Waals surface area (Å²) in [5.74, 6) is -0.0933. The van der Waals surface area contributed by atoms with Crippen LogP contribution in [0.1, 0.15) is 13.8 Å². The molecule has 0 aromatic heterocycles. The zero-order valence-corrected chi connectivity index (χ0v) is 5.06. The molecule has 0 spiro atoms. The van der Waals surface area contributed by atoms with E-state index in [4.69, 9.17) is 5.73 Å². The lowest BCUT2D eigenvalue weighted by molar-refractivity contribution is -0.118. The Bertz CT molecular complexity index is 118. The molecule has 3 nitrogen and oxygen atoms in total. The number of hydrogen-bond donors (Lipinski definition) is 2. The van der Waals surface area contributed by atoms with Gasteiger partial charge in [0.1, 0.15) is 0 Å². The highest BCUT2D eigenvalue weighted by Gasteiger charge is 1.87. The van der Waals surface area contributed by atoms with Crippen LogP contribution < -0.4 is 11.1 Å². The Morgan fingerprint density at radius 1 is 1.62 bits per heavy atom. The van der Waals surface area contributed by atoms with Crippen molar-refractivity contribution < 1.29 is 4.79 Å². The molecule has 0 aromatic rings. The minimum absolute atomic E-state index is 0.0933. The summed E-state index contributed by atoms with van der Waals surface area (Å²) in [5.41, 5.74) is 5.72. The van der Waals surface area contributed by atoms with Gasteiger partial charge in [0, 0.05) is 18.8 Å². The molecule has 0 saturated heterocycles. The summed E-state index contributed by atoms with van der Waals surface area (Å²) in [6.45, 7) is 3.16. The second-order valence-corrected chi connectivity index (χ2v) is 1.53. The molecule has 0 radical (unpaired) electrons. The number of nitrogens with one attached hydrogen (secondary N) is 1. The molecule has 3 heteroatoms. The van der Waals surface area contributed by atoms with Crippen molar-refractivity contribution in [3.05, 3.63) is 11.9 Å². The van der Waals surface area contributed by atoms with E-state index in [2.05, 4.69) is 5.32 Å². The second-order valence-electron chi connectivity index (χ2n) is 1.53. The maximum Gasteiger partial charge on any atom is 0.221 e. The Labute approximate surface area is 48.6 Å². The van der Waals surface area contributed by atoms with E-state index < -0.39 is 0 Å². The molecule has 0 bridgehead atoms. The van der Waals surface area contributed by atoms with Gasteiger partial charge >= 0.3 is 0 Å². The van der Waals surface area contributed by atoms with Crippen LogP contribution in [0, 0.1) is 0 Å². The van der Waals surface area contributed by atoms with Crippen molar-refractivity contribution in [2.45, 2.75) is 13.8 Å². The van der Waals surface area contributed by atoms with Gasteiger partial charge in [0.15, 0.2) is 0 Å². The molecule has 0 aliphatic rings. The lowest BCUT2D eigenvalue weighted by Gasteiger charge is -1.96. The summed E-state index contributed by atoms with van der Waals surface area (Å²) in [6, 6.07) is 0. The predicted octanol–water partition coefficient (Wildman–Crippen LogP) is -0.0575. The van der Waals surface area contributed by atoms with Crippen molar-refractivity contribution in [1.82, 2.24) is 5.32 Å². The first-order valence-electron chi connectivity index (χ1n) is 2.33. The maximum absolute atomic E-state index is 10.2. The molecule has 1 amide bonds. The zero-order valence-electron chi connectivity index (χ0n) is 5.06. The Hall–Kier alpha value is -0.990. The summed E-state index contributed by atoms with van der Waals surface area (Å²) in [5, 5.41) is 2.49. The van der Waals surface area contributed by atoms with Gasteiger partial charge in [-0.25, -0.2) is 0 Å². The van der Waals surface area contributed by atoms with Crippen LogP contribution in [0.5, 0.6) is 0 Å². The third kappa shape index (κ3) is 3.21. The Morgan fingerprint density at radius 2 is 2.12 bits per heavy atom. The number of nitrogens with two attached hydrogens (primary N) is 1. The number of carbonyl (C=O) groups is 1. The van der Waals surface area contributed by atoms with Crippen LogP contribution in [0.2, 0.25) is 0 Å². The largest absolute Gasteiger partial charge is 0.403 e. The van der Waals surface area contributed by atoms with Crippen molar-refractivity contribution >= 4 is 5.91 Å². The SMILES string of the molecule is CC(=O)NC(C)=CN. The lowest BCUT2D eigenvalue weighted by atomic mass is 10.5. The van der Waals surface area contributed by atoms with Gasteiger partial charge in [0.2, 0.25) is 5.91 Å². The number of amides is 1. The zero-order chi connectivity index (χ0) is 6.57. The Balaban J connectivity index is 3.56. The van der Waals surface area contributed by atoms with Crippen molar-refractivity contribution in [2.75, 3.05) is 0 Å². The average molecular weight is 114 g/mol. The van der Waals surface area contributed by atoms with E-state index in [1.165, 1.54) is 13.1 Å². The van der Waals surface area contributed by atoms with E-state index in [-0.39, 0.29) is 5.91 Å². The van der Waals surface area contributed by atoms with E-state index >= 15 is 0 Å². The molecule has 0 heterocycles. The van der Waals surface area contributed by atoms with Crippen LogP contribution in [-0.2, 0) is 4.79 Å². The van der Waals surface area contributed by atoms with Crippen LogP contribution in [-0.4, -0.2) is 5.91 Å². The van der Waals surface area contributed by atoms with Crippen molar-refractivity contribution in [1.29, 1.82) is 0 Å². The van der Waals surface area contributed by atoms with Gasteiger partial charge < -0.3 is 11.1 Å². The molecule has 0 saturated carbocycles. The normalized spacial score (nSPS) is 11.0. The van der Waals surface area contributed by atoms with Gasteiger partial charge in [0.25, 0.3) is 0 Å². The van der Waals surface area contributed by atoms with Crippen LogP contribution in [0.25, 0.3) is 0 Å². The summed E-state index contributed by atoms with van der Waals surface area (Å²) in [6.07, 6.45) is 1.35. The van der Waals surface area contributed by atoms with Crippen LogP contribution in [0.3, 0.4) is 0 Å². The monoisotopic (exact) mass is 114 g/mol. The molecule has 0 aromatic carbocycles. The van der Waals surface area contributed by atoms with Crippen molar-refractivity contribution in [3.8, 4) is 0 Å². The molecule has 8 heavy (non-hydrogen) atoms. The predicted molar refractivity (Wildman–Crippen MR) is 31.8 cm³/mol. The first-order chi connectivity index (χ1) is 3.66. The molecular formula is C5H10N2O. The first kappa shape index (κ1) is 7.01. The van der Waals surface area contributed by atoms with Crippen molar-refractivity contribution in [2.24, 2.45) is 5.73 Å². The summed E-state index contributed by atoms with van der Waals surface area (Å²) in [7, 11) is 0. The molecule has 0 aliphatic carbocycles. The fraction of sp³-hybridized carbons (Fsp3) is 0.400. The van der Waals surface area contributed by atoms with Gasteiger partial charge in [-0.15, -0.1) is 0 Å². The highest BCUT2D eigenvalue weighted by atomic mass is 16.1. The number of rotatable bonds is 1. The average Bonchev–Trinajstić information content (AvgIpc) is 1.65. The van der Waals surface area contributed by atoms with E-state index in [0.717, 1.165) is 0 Å². The van der Waals surface area contributed by atoms with Crippen LogP contribution >= 0.6 is 0 Å². The first-order valence-corrected chi connectivity index (χ1v) is 2.33. The molecule has 0 unspecified atom stereocenters. The van der Waals surface area contributed by atoms with Crippen LogP contribution in [0.4, 0.5) is 0 Å². The third-order valence-corrected chi connectivity index (χ3v) is 0.623. The van der Waals surface area contributed by atoms with Gasteiger partial charge in [-0.1, -0.05) is 0 Å². The number of carbonyl (C=O) groups excluding carboxylic acids is 1. The van der Waals surface area contributed by atoms with E-state index in [0.29, 0.717) is 5.70 Å². The standard InChI is InChI=1S/C5H10N2O/c1-4(3-6)7-5(2)8/h3H,6H2,1-2H3,(H,7,8). The van der Waals surface area contributed by atoms with Gasteiger partial charge in [-0.2, -0.15) is 0 Å². The topological polar surface area (TPSA) is 55.1 Å². The fourth-order valence-electron chi connectivity index (χ4n) is 0.319. The smallest absolute Gasteiger partial charge is 0.221 e. The van der Waals surface area contributed by atoms with Gasteiger partial charge in [-0.05, 0) is 6.92 Å². The Kier molecular flexibility index (Phi) is 2.69. The molecule has 0 rings (SSSR count).